The Hall–Kier alpha value is -0.920. The van der Waals surface area contributed by atoms with E-state index in [1.165, 1.54) is 6.20 Å². The second-order valence-corrected chi connectivity index (χ2v) is 2.86. The van der Waals surface area contributed by atoms with Gasteiger partial charge < -0.3 is 0 Å². The summed E-state index contributed by atoms with van der Waals surface area (Å²) in [5.41, 5.74) is 0. The molecule has 0 saturated carbocycles. The average molecular weight is 152 g/mol. The Morgan fingerprint density at radius 2 is 1.91 bits per heavy atom. The van der Waals surface area contributed by atoms with Gasteiger partial charge in [-0.25, -0.2) is 9.98 Å². The molecule has 0 aromatic heterocycles. The fourth-order valence-corrected chi connectivity index (χ4v) is 0.694. The molecule has 0 aliphatic carbocycles. The molecule has 0 aliphatic heterocycles. The number of aliphatic imine (C=N–C) groups is 2. The number of hydrogen-bond donors (Lipinski definition) is 0. The molecule has 0 aromatic carbocycles. The summed E-state index contributed by atoms with van der Waals surface area (Å²) in [5, 5.41) is 0. The standard InChI is InChI=1S/C9H16N2/c1-6-11-9(10-5)8(4)7(2)3/h6-8H,1,5H2,2-4H3. The van der Waals surface area contributed by atoms with Gasteiger partial charge in [0, 0.05) is 12.1 Å². The lowest BCUT2D eigenvalue weighted by molar-refractivity contribution is 0.529. The van der Waals surface area contributed by atoms with Crippen molar-refractivity contribution >= 4 is 12.6 Å². The second kappa shape index (κ2) is 4.83. The van der Waals surface area contributed by atoms with Crippen LogP contribution in [0.3, 0.4) is 0 Å². The van der Waals surface area contributed by atoms with Gasteiger partial charge in [-0.15, -0.1) is 0 Å². The molecule has 0 N–H and O–H groups in total. The third-order valence-corrected chi connectivity index (χ3v) is 1.79. The minimum Gasteiger partial charge on any atom is -0.249 e. The van der Waals surface area contributed by atoms with Gasteiger partial charge in [0.1, 0.15) is 5.84 Å². The lowest BCUT2D eigenvalue weighted by Crippen LogP contribution is -2.14. The van der Waals surface area contributed by atoms with Gasteiger partial charge in [0.15, 0.2) is 0 Å². The summed E-state index contributed by atoms with van der Waals surface area (Å²) in [6, 6.07) is 0. The van der Waals surface area contributed by atoms with E-state index in [1.54, 1.807) is 0 Å². The maximum Gasteiger partial charge on any atom is 0.130 e. The van der Waals surface area contributed by atoms with Crippen LogP contribution in [0.5, 0.6) is 0 Å². The van der Waals surface area contributed by atoms with E-state index < -0.39 is 0 Å². The Labute approximate surface area is 68.8 Å². The van der Waals surface area contributed by atoms with Crippen LogP contribution in [0.15, 0.2) is 22.8 Å². The van der Waals surface area contributed by atoms with E-state index >= 15 is 0 Å². The smallest absolute Gasteiger partial charge is 0.130 e. The maximum atomic E-state index is 4.02. The molecule has 0 amide bonds. The quantitative estimate of drug-likeness (QED) is 0.438. The zero-order chi connectivity index (χ0) is 8.85. The average Bonchev–Trinajstić information content (AvgIpc) is 1.98. The van der Waals surface area contributed by atoms with E-state index in [0.717, 1.165) is 5.84 Å². The molecule has 1 atom stereocenters. The predicted molar refractivity (Wildman–Crippen MR) is 51.2 cm³/mol. The van der Waals surface area contributed by atoms with E-state index in [0.29, 0.717) is 11.8 Å². The normalized spacial score (nSPS) is 14.7. The van der Waals surface area contributed by atoms with Crippen molar-refractivity contribution in [1.29, 1.82) is 0 Å². The Kier molecular flexibility index (Phi) is 4.42. The molecule has 0 aliphatic rings. The highest BCUT2D eigenvalue weighted by Crippen LogP contribution is 2.12. The first-order chi connectivity index (χ1) is 5.13. The van der Waals surface area contributed by atoms with Crippen LogP contribution in [-0.4, -0.2) is 12.6 Å². The van der Waals surface area contributed by atoms with Gasteiger partial charge in [-0.1, -0.05) is 27.4 Å². The van der Waals surface area contributed by atoms with E-state index in [2.05, 4.69) is 44.1 Å². The van der Waals surface area contributed by atoms with Gasteiger partial charge in [0.2, 0.25) is 0 Å². The summed E-state index contributed by atoms with van der Waals surface area (Å²) in [6.07, 6.45) is 1.50. The Bertz CT molecular complexity index is 168. The molecule has 1 unspecified atom stereocenters. The number of rotatable bonds is 3. The van der Waals surface area contributed by atoms with Gasteiger partial charge in [0.05, 0.1) is 0 Å². The third kappa shape index (κ3) is 3.12. The molecular formula is C9H16N2. The highest BCUT2D eigenvalue weighted by atomic mass is 14.9. The van der Waals surface area contributed by atoms with Crippen LogP contribution < -0.4 is 0 Å². The highest BCUT2D eigenvalue weighted by molar-refractivity contribution is 5.88. The van der Waals surface area contributed by atoms with Gasteiger partial charge in [-0.05, 0) is 12.6 Å². The predicted octanol–water partition coefficient (Wildman–Crippen LogP) is 2.52. The van der Waals surface area contributed by atoms with Crippen molar-refractivity contribution in [2.75, 3.05) is 0 Å². The first kappa shape index (κ1) is 10.1. The van der Waals surface area contributed by atoms with Gasteiger partial charge >= 0.3 is 0 Å². The lowest BCUT2D eigenvalue weighted by atomic mass is 9.97. The van der Waals surface area contributed by atoms with Gasteiger partial charge in [0.25, 0.3) is 0 Å². The van der Waals surface area contributed by atoms with Crippen LogP contribution in [0.25, 0.3) is 0 Å². The molecule has 0 fully saturated rings. The van der Waals surface area contributed by atoms with Crippen LogP contribution in [0.4, 0.5) is 0 Å². The van der Waals surface area contributed by atoms with Crippen molar-refractivity contribution in [3.63, 3.8) is 0 Å². The zero-order valence-electron chi connectivity index (χ0n) is 7.54. The second-order valence-electron chi connectivity index (χ2n) is 2.86. The molecule has 11 heavy (non-hydrogen) atoms. The highest BCUT2D eigenvalue weighted by Gasteiger charge is 2.11. The summed E-state index contributed by atoms with van der Waals surface area (Å²) < 4.78 is 0. The first-order valence-electron chi connectivity index (χ1n) is 3.78. The van der Waals surface area contributed by atoms with Gasteiger partial charge in [-0.3, -0.25) is 0 Å². The Balaban J connectivity index is 4.37. The van der Waals surface area contributed by atoms with E-state index in [9.17, 15) is 0 Å². The van der Waals surface area contributed by atoms with Crippen molar-refractivity contribution in [2.24, 2.45) is 21.8 Å². The van der Waals surface area contributed by atoms with Crippen molar-refractivity contribution in [3.8, 4) is 0 Å². The molecule has 0 bridgehead atoms. The number of nitrogens with zero attached hydrogens (tertiary/aromatic N) is 2. The molecule has 0 spiro atoms. The largest absolute Gasteiger partial charge is 0.249 e. The fraction of sp³-hybridized carbons (Fsp3) is 0.556. The summed E-state index contributed by atoms with van der Waals surface area (Å²) in [6.45, 7) is 13.3. The molecule has 0 radical (unpaired) electrons. The Morgan fingerprint density at radius 3 is 2.18 bits per heavy atom. The minimum absolute atomic E-state index is 0.352. The summed E-state index contributed by atoms with van der Waals surface area (Å²) in [5.74, 6) is 1.67. The molecule has 2 heteroatoms. The SMILES string of the molecule is C=CN=C(N=C)C(C)C(C)C. The van der Waals surface area contributed by atoms with Crippen LogP contribution >= 0.6 is 0 Å². The summed E-state index contributed by atoms with van der Waals surface area (Å²) >= 11 is 0. The van der Waals surface area contributed by atoms with E-state index in [-0.39, 0.29) is 0 Å². The van der Waals surface area contributed by atoms with Crippen molar-refractivity contribution in [1.82, 2.24) is 0 Å². The molecule has 62 valence electrons. The van der Waals surface area contributed by atoms with Crippen LogP contribution in [-0.2, 0) is 0 Å². The van der Waals surface area contributed by atoms with E-state index in [1.807, 2.05) is 0 Å². The molecule has 0 heterocycles. The molecular weight excluding hydrogens is 136 g/mol. The molecule has 0 saturated heterocycles. The van der Waals surface area contributed by atoms with Crippen molar-refractivity contribution < 1.29 is 0 Å². The first-order valence-corrected chi connectivity index (χ1v) is 3.78. The molecule has 0 rings (SSSR count). The van der Waals surface area contributed by atoms with Crippen LogP contribution in [0, 0.1) is 11.8 Å². The monoisotopic (exact) mass is 152 g/mol. The van der Waals surface area contributed by atoms with Gasteiger partial charge in [-0.2, -0.15) is 0 Å². The van der Waals surface area contributed by atoms with Crippen LogP contribution in [0.1, 0.15) is 20.8 Å². The number of hydrogen-bond acceptors (Lipinski definition) is 1. The lowest BCUT2D eigenvalue weighted by Gasteiger charge is -2.13. The topological polar surface area (TPSA) is 24.7 Å². The number of amidine groups is 1. The van der Waals surface area contributed by atoms with E-state index in [4.69, 9.17) is 0 Å². The van der Waals surface area contributed by atoms with Crippen LogP contribution in [0.2, 0.25) is 0 Å². The third-order valence-electron chi connectivity index (χ3n) is 1.79. The Morgan fingerprint density at radius 1 is 1.36 bits per heavy atom. The van der Waals surface area contributed by atoms with Crippen molar-refractivity contribution in [2.45, 2.75) is 20.8 Å². The zero-order valence-corrected chi connectivity index (χ0v) is 7.54. The molecule has 0 aromatic rings. The minimum atomic E-state index is 0.352. The fourth-order valence-electron chi connectivity index (χ4n) is 0.694. The maximum absolute atomic E-state index is 4.02. The summed E-state index contributed by atoms with van der Waals surface area (Å²) in [7, 11) is 0. The van der Waals surface area contributed by atoms with Crippen molar-refractivity contribution in [3.05, 3.63) is 12.8 Å². The molecule has 2 nitrogen and oxygen atoms in total. The summed E-state index contributed by atoms with van der Waals surface area (Å²) in [4.78, 5) is 7.84.